The second kappa shape index (κ2) is 8.71. The third-order valence-electron chi connectivity index (χ3n) is 5.16. The van der Waals surface area contributed by atoms with Gasteiger partial charge >= 0.3 is 0 Å². The minimum Gasteiger partial charge on any atom is -0.332 e. The molecule has 6 nitrogen and oxygen atoms in total. The maximum atomic E-state index is 13.7. The van der Waals surface area contributed by atoms with Crippen LogP contribution in [0.2, 0.25) is 0 Å². The molecule has 1 aromatic heterocycles. The van der Waals surface area contributed by atoms with Crippen LogP contribution >= 0.6 is 12.4 Å². The van der Waals surface area contributed by atoms with Crippen molar-refractivity contribution in [2.75, 3.05) is 19.6 Å². The molecule has 1 aliphatic heterocycles. The number of fused-ring (bicyclic) bond motifs is 1. The van der Waals surface area contributed by atoms with E-state index in [-0.39, 0.29) is 42.3 Å². The normalized spacial score (nSPS) is 16.5. The van der Waals surface area contributed by atoms with Crippen molar-refractivity contribution in [1.29, 1.82) is 0 Å². The first kappa shape index (κ1) is 21.0. The van der Waals surface area contributed by atoms with Gasteiger partial charge in [0.15, 0.2) is 0 Å². The van der Waals surface area contributed by atoms with Crippen LogP contribution in [0.5, 0.6) is 0 Å². The Kier molecular flexibility index (Phi) is 6.30. The summed E-state index contributed by atoms with van der Waals surface area (Å²) >= 11 is 0. The summed E-state index contributed by atoms with van der Waals surface area (Å²) in [4.78, 5) is 31.9. The lowest BCUT2D eigenvalue weighted by molar-refractivity contribution is -0.135. The van der Waals surface area contributed by atoms with Crippen molar-refractivity contribution in [3.63, 3.8) is 0 Å². The van der Waals surface area contributed by atoms with Crippen LogP contribution < -0.4 is 10.9 Å². The summed E-state index contributed by atoms with van der Waals surface area (Å²) < 4.78 is 15.0. The number of aromatic nitrogens is 2. The molecular formula is C21H22ClFN4O2. The first-order chi connectivity index (χ1) is 13.5. The molecule has 4 rings (SSSR count). The van der Waals surface area contributed by atoms with Crippen LogP contribution in [0.15, 0.2) is 53.6 Å². The molecule has 1 aliphatic rings. The van der Waals surface area contributed by atoms with Crippen LogP contribution in [0.4, 0.5) is 4.39 Å². The zero-order chi connectivity index (χ0) is 19.7. The molecule has 1 amide bonds. The molecule has 0 radical (unpaired) electrons. The highest BCUT2D eigenvalue weighted by Crippen LogP contribution is 2.23. The van der Waals surface area contributed by atoms with Crippen molar-refractivity contribution < 1.29 is 9.18 Å². The van der Waals surface area contributed by atoms with Crippen LogP contribution in [-0.2, 0) is 11.3 Å². The van der Waals surface area contributed by atoms with Gasteiger partial charge in [-0.1, -0.05) is 24.3 Å². The average molecular weight is 417 g/mol. The smallest absolute Gasteiger partial charge is 0.261 e. The summed E-state index contributed by atoms with van der Waals surface area (Å²) in [6.07, 6.45) is 1.43. The van der Waals surface area contributed by atoms with E-state index >= 15 is 0 Å². The number of carbonyl (C=O) groups is 1. The van der Waals surface area contributed by atoms with Gasteiger partial charge < -0.3 is 10.2 Å². The van der Waals surface area contributed by atoms with Gasteiger partial charge in [-0.25, -0.2) is 9.37 Å². The van der Waals surface area contributed by atoms with Crippen molar-refractivity contribution in [3.8, 4) is 0 Å². The molecule has 3 aromatic rings. The molecule has 29 heavy (non-hydrogen) atoms. The topological polar surface area (TPSA) is 67.2 Å². The van der Waals surface area contributed by atoms with Crippen molar-refractivity contribution in [2.45, 2.75) is 19.5 Å². The molecule has 1 N–H and O–H groups in total. The Morgan fingerprint density at radius 3 is 2.86 bits per heavy atom. The predicted octanol–water partition coefficient (Wildman–Crippen LogP) is 2.44. The largest absolute Gasteiger partial charge is 0.332 e. The number of benzene rings is 2. The van der Waals surface area contributed by atoms with E-state index in [0.717, 1.165) is 11.1 Å². The minimum absolute atomic E-state index is 0. The van der Waals surface area contributed by atoms with Crippen LogP contribution in [0.1, 0.15) is 17.2 Å². The highest BCUT2D eigenvalue weighted by molar-refractivity contribution is 5.85. The maximum absolute atomic E-state index is 13.7. The Labute approximate surface area is 173 Å². The van der Waals surface area contributed by atoms with Gasteiger partial charge in [0, 0.05) is 19.6 Å². The number of nitrogens with one attached hydrogen (secondary N) is 1. The number of nitrogens with zero attached hydrogens (tertiary/aromatic N) is 3. The Morgan fingerprint density at radius 2 is 2.07 bits per heavy atom. The molecule has 2 heterocycles. The monoisotopic (exact) mass is 416 g/mol. The Hall–Kier alpha value is -2.77. The SMILES string of the molecule is Cc1cccc2c(=O)n(CC(=O)N3CCNCC3c3cccc(F)c3)cnc12.Cl. The predicted molar refractivity (Wildman–Crippen MR) is 112 cm³/mol. The third-order valence-corrected chi connectivity index (χ3v) is 5.16. The number of halogens is 2. The van der Waals surface area contributed by atoms with Gasteiger partial charge in [0.05, 0.1) is 23.3 Å². The molecule has 0 bridgehead atoms. The summed E-state index contributed by atoms with van der Waals surface area (Å²) in [6.45, 7) is 3.49. The highest BCUT2D eigenvalue weighted by atomic mass is 35.5. The zero-order valence-corrected chi connectivity index (χ0v) is 16.8. The molecule has 1 atom stereocenters. The maximum Gasteiger partial charge on any atom is 0.261 e. The lowest BCUT2D eigenvalue weighted by atomic mass is 10.0. The van der Waals surface area contributed by atoms with E-state index in [4.69, 9.17) is 0 Å². The number of amides is 1. The fourth-order valence-electron chi connectivity index (χ4n) is 3.70. The number of hydrogen-bond acceptors (Lipinski definition) is 4. The molecule has 0 spiro atoms. The fourth-order valence-corrected chi connectivity index (χ4v) is 3.70. The van der Waals surface area contributed by atoms with E-state index in [9.17, 15) is 14.0 Å². The number of carbonyl (C=O) groups excluding carboxylic acids is 1. The van der Waals surface area contributed by atoms with E-state index in [1.54, 1.807) is 17.0 Å². The second-order valence-electron chi connectivity index (χ2n) is 7.01. The lowest BCUT2D eigenvalue weighted by Crippen LogP contribution is -2.50. The summed E-state index contributed by atoms with van der Waals surface area (Å²) in [5, 5.41) is 3.74. The minimum atomic E-state index is -0.333. The standard InChI is InChI=1S/C21H21FN4O2.ClH/c1-14-4-2-7-17-20(14)24-13-25(21(17)28)12-19(27)26-9-8-23-11-18(26)15-5-3-6-16(22)10-15;/h2-7,10,13,18,23H,8-9,11-12H2,1H3;1H. The first-order valence-electron chi connectivity index (χ1n) is 9.25. The Balaban J connectivity index is 0.00000240. The quantitative estimate of drug-likeness (QED) is 0.712. The molecule has 1 unspecified atom stereocenters. The summed E-state index contributed by atoms with van der Waals surface area (Å²) in [5.41, 5.74) is 2.07. The Bertz CT molecular complexity index is 1100. The molecule has 1 saturated heterocycles. The fraction of sp³-hybridized carbons (Fsp3) is 0.286. The van der Waals surface area contributed by atoms with Crippen molar-refractivity contribution in [1.82, 2.24) is 19.8 Å². The van der Waals surface area contributed by atoms with Crippen molar-refractivity contribution >= 4 is 29.2 Å². The third kappa shape index (κ3) is 4.16. The van der Waals surface area contributed by atoms with Crippen molar-refractivity contribution in [2.24, 2.45) is 0 Å². The van der Waals surface area contributed by atoms with Gasteiger partial charge in [-0.3, -0.25) is 14.2 Å². The van der Waals surface area contributed by atoms with Crippen LogP contribution in [0, 0.1) is 12.7 Å². The molecule has 1 fully saturated rings. The second-order valence-corrected chi connectivity index (χ2v) is 7.01. The van der Waals surface area contributed by atoms with E-state index < -0.39 is 0 Å². The molecule has 0 aliphatic carbocycles. The van der Waals surface area contributed by atoms with Crippen LogP contribution in [-0.4, -0.2) is 40.0 Å². The molecular weight excluding hydrogens is 395 g/mol. The summed E-state index contributed by atoms with van der Waals surface area (Å²) in [5.74, 6) is -0.521. The van der Waals surface area contributed by atoms with E-state index in [0.29, 0.717) is 30.5 Å². The molecule has 8 heteroatoms. The first-order valence-corrected chi connectivity index (χ1v) is 9.25. The average Bonchev–Trinajstić information content (AvgIpc) is 2.70. The molecule has 152 valence electrons. The number of aryl methyl sites for hydroxylation is 1. The Morgan fingerprint density at radius 1 is 1.28 bits per heavy atom. The van der Waals surface area contributed by atoms with Crippen LogP contribution in [0.3, 0.4) is 0 Å². The lowest BCUT2D eigenvalue weighted by Gasteiger charge is -2.36. The number of rotatable bonds is 3. The highest BCUT2D eigenvalue weighted by Gasteiger charge is 2.28. The van der Waals surface area contributed by atoms with Gasteiger partial charge in [0.2, 0.25) is 5.91 Å². The van der Waals surface area contributed by atoms with Gasteiger partial charge in [-0.05, 0) is 36.2 Å². The van der Waals surface area contributed by atoms with E-state index in [1.165, 1.54) is 23.0 Å². The van der Waals surface area contributed by atoms with Crippen LogP contribution in [0.25, 0.3) is 10.9 Å². The van der Waals surface area contributed by atoms with Gasteiger partial charge in [0.25, 0.3) is 5.56 Å². The van der Waals surface area contributed by atoms with Crippen molar-refractivity contribution in [3.05, 3.63) is 76.1 Å². The number of piperazine rings is 1. The van der Waals surface area contributed by atoms with E-state index in [1.807, 2.05) is 25.1 Å². The van der Waals surface area contributed by atoms with Gasteiger partial charge in [-0.2, -0.15) is 0 Å². The van der Waals surface area contributed by atoms with Gasteiger partial charge in [-0.15, -0.1) is 12.4 Å². The summed E-state index contributed by atoms with van der Waals surface area (Å²) in [7, 11) is 0. The molecule has 2 aromatic carbocycles. The van der Waals surface area contributed by atoms with E-state index in [2.05, 4.69) is 10.3 Å². The molecule has 0 saturated carbocycles. The zero-order valence-electron chi connectivity index (χ0n) is 16.0. The number of hydrogen-bond donors (Lipinski definition) is 1. The number of para-hydroxylation sites is 1. The van der Waals surface area contributed by atoms with Gasteiger partial charge in [0.1, 0.15) is 12.4 Å². The summed E-state index contributed by atoms with van der Waals surface area (Å²) in [6, 6.07) is 11.4.